The zero-order chi connectivity index (χ0) is 22.5. The summed E-state index contributed by atoms with van der Waals surface area (Å²) >= 11 is 0. The minimum absolute atomic E-state index is 0.0136. The second-order valence-corrected chi connectivity index (χ2v) is 7.01. The lowest BCUT2D eigenvalue weighted by Gasteiger charge is -2.27. The Bertz CT molecular complexity index is 1100. The molecule has 2 heterocycles. The van der Waals surface area contributed by atoms with Gasteiger partial charge in [-0.05, 0) is 38.5 Å². The smallest absolute Gasteiger partial charge is 0.258 e. The molecule has 0 radical (unpaired) electrons. The monoisotopic (exact) mass is 425 g/mol. The second-order valence-electron chi connectivity index (χ2n) is 7.01. The van der Waals surface area contributed by atoms with Gasteiger partial charge < -0.3 is 29.2 Å². The van der Waals surface area contributed by atoms with Gasteiger partial charge in [0.2, 0.25) is 5.88 Å². The third kappa shape index (κ3) is 4.23. The first-order valence-electron chi connectivity index (χ1n) is 10.2. The summed E-state index contributed by atoms with van der Waals surface area (Å²) in [5.74, 6) is 0.783. The molecule has 0 aliphatic carbocycles. The number of pyridine rings is 1. The van der Waals surface area contributed by atoms with Gasteiger partial charge in [0, 0.05) is 25.4 Å². The molecule has 2 N–H and O–H groups in total. The van der Waals surface area contributed by atoms with Crippen molar-refractivity contribution in [3.05, 3.63) is 62.9 Å². The third-order valence-corrected chi connectivity index (χ3v) is 5.11. The van der Waals surface area contributed by atoms with Crippen molar-refractivity contribution in [2.45, 2.75) is 33.2 Å². The lowest BCUT2D eigenvalue weighted by atomic mass is 9.84. The van der Waals surface area contributed by atoms with Crippen LogP contribution in [0, 0.1) is 18.3 Å². The van der Waals surface area contributed by atoms with Crippen LogP contribution < -0.4 is 25.5 Å². The molecule has 31 heavy (non-hydrogen) atoms. The van der Waals surface area contributed by atoms with E-state index in [4.69, 9.17) is 24.7 Å². The predicted octanol–water partition coefficient (Wildman–Crippen LogP) is 2.82. The maximum atomic E-state index is 13.5. The molecule has 1 aromatic heterocycles. The molecule has 0 saturated carbocycles. The van der Waals surface area contributed by atoms with Crippen LogP contribution in [0.15, 0.2) is 40.5 Å². The molecule has 8 heteroatoms. The van der Waals surface area contributed by atoms with Gasteiger partial charge in [-0.15, -0.1) is 0 Å². The number of fused-ring (bicyclic) bond motifs is 1. The zero-order valence-electron chi connectivity index (χ0n) is 18.2. The van der Waals surface area contributed by atoms with E-state index >= 15 is 0 Å². The molecule has 3 rings (SSSR count). The summed E-state index contributed by atoms with van der Waals surface area (Å²) in [5.41, 5.74) is 7.78. The minimum Gasteiger partial charge on any atom is -0.490 e. The molecular weight excluding hydrogens is 398 g/mol. The molecule has 0 saturated heterocycles. The molecule has 1 atom stereocenters. The molecule has 0 bridgehead atoms. The number of aryl methyl sites for hydroxylation is 1. The van der Waals surface area contributed by atoms with Gasteiger partial charge in [0.15, 0.2) is 11.5 Å². The first-order valence-corrected chi connectivity index (χ1v) is 10.2. The Morgan fingerprint density at radius 1 is 1.19 bits per heavy atom. The Hall–Kier alpha value is -3.44. The van der Waals surface area contributed by atoms with Gasteiger partial charge in [0.05, 0.1) is 31.3 Å². The lowest BCUT2D eigenvalue weighted by molar-refractivity contribution is 0.185. The number of hydrogen-bond donors (Lipinski definition) is 1. The second kappa shape index (κ2) is 9.58. The maximum Gasteiger partial charge on any atom is 0.258 e. The van der Waals surface area contributed by atoms with Crippen molar-refractivity contribution in [1.82, 2.24) is 4.57 Å². The number of nitrogens with two attached hydrogens (primary N) is 1. The predicted molar refractivity (Wildman–Crippen MR) is 115 cm³/mol. The van der Waals surface area contributed by atoms with Crippen molar-refractivity contribution < 1.29 is 18.9 Å². The molecule has 0 amide bonds. The van der Waals surface area contributed by atoms with Crippen LogP contribution in [0.2, 0.25) is 0 Å². The zero-order valence-corrected chi connectivity index (χ0v) is 18.2. The summed E-state index contributed by atoms with van der Waals surface area (Å²) in [5, 5.41) is 9.83. The summed E-state index contributed by atoms with van der Waals surface area (Å²) in [6, 6.07) is 9.27. The Labute approximate surface area is 181 Å². The Morgan fingerprint density at radius 2 is 1.90 bits per heavy atom. The van der Waals surface area contributed by atoms with Gasteiger partial charge in [-0.1, -0.05) is 6.07 Å². The first-order chi connectivity index (χ1) is 15.0. The molecule has 8 nitrogen and oxygen atoms in total. The summed E-state index contributed by atoms with van der Waals surface area (Å²) in [6.07, 6.45) is 0. The van der Waals surface area contributed by atoms with Crippen LogP contribution >= 0.6 is 0 Å². The molecule has 0 spiro atoms. The van der Waals surface area contributed by atoms with Gasteiger partial charge in [-0.3, -0.25) is 4.79 Å². The van der Waals surface area contributed by atoms with Crippen molar-refractivity contribution in [1.29, 1.82) is 5.26 Å². The summed E-state index contributed by atoms with van der Waals surface area (Å²) in [6.45, 7) is 7.28. The van der Waals surface area contributed by atoms with E-state index in [1.54, 1.807) is 29.9 Å². The fraction of sp³-hybridized carbons (Fsp3) is 0.391. The van der Waals surface area contributed by atoms with Gasteiger partial charge in [0.1, 0.15) is 17.4 Å². The van der Waals surface area contributed by atoms with Crippen molar-refractivity contribution in [3.8, 4) is 23.3 Å². The topological polar surface area (TPSA) is 109 Å². The minimum atomic E-state index is -0.689. The van der Waals surface area contributed by atoms with Crippen molar-refractivity contribution in [2.75, 3.05) is 26.9 Å². The Morgan fingerprint density at radius 3 is 2.55 bits per heavy atom. The molecule has 0 fully saturated rings. The van der Waals surface area contributed by atoms with Crippen LogP contribution in [0.5, 0.6) is 17.2 Å². The number of rotatable bonds is 8. The molecule has 2 aromatic rings. The normalized spacial score (nSPS) is 15.1. The van der Waals surface area contributed by atoms with Gasteiger partial charge >= 0.3 is 0 Å². The highest BCUT2D eigenvalue weighted by Gasteiger charge is 2.34. The van der Waals surface area contributed by atoms with Crippen LogP contribution in [-0.4, -0.2) is 31.5 Å². The van der Waals surface area contributed by atoms with Crippen LogP contribution in [0.4, 0.5) is 0 Å². The van der Waals surface area contributed by atoms with E-state index in [1.807, 2.05) is 26.8 Å². The SMILES string of the molecule is CCOc1ccc(C2C(C#N)=C(N)Oc3cc(C)n(CCOC)c(=O)c32)cc1OCC. The fourth-order valence-electron chi connectivity index (χ4n) is 3.73. The molecule has 1 aliphatic heterocycles. The van der Waals surface area contributed by atoms with E-state index in [0.717, 1.165) is 5.69 Å². The van der Waals surface area contributed by atoms with Crippen LogP contribution in [0.25, 0.3) is 0 Å². The number of allylic oxidation sites excluding steroid dienone is 1. The van der Waals surface area contributed by atoms with Gasteiger partial charge in [0.25, 0.3) is 5.56 Å². The van der Waals surface area contributed by atoms with Crippen molar-refractivity contribution >= 4 is 0 Å². The van der Waals surface area contributed by atoms with Crippen LogP contribution in [0.3, 0.4) is 0 Å². The van der Waals surface area contributed by atoms with Gasteiger partial charge in [-0.2, -0.15) is 5.26 Å². The van der Waals surface area contributed by atoms with E-state index in [2.05, 4.69) is 6.07 Å². The molecule has 164 valence electrons. The summed E-state index contributed by atoms with van der Waals surface area (Å²) in [7, 11) is 1.58. The number of ether oxygens (including phenoxy) is 4. The molecule has 1 unspecified atom stereocenters. The quantitative estimate of drug-likeness (QED) is 0.693. The number of nitriles is 1. The van der Waals surface area contributed by atoms with Crippen molar-refractivity contribution in [2.24, 2.45) is 5.73 Å². The number of benzene rings is 1. The van der Waals surface area contributed by atoms with E-state index < -0.39 is 5.92 Å². The van der Waals surface area contributed by atoms with Crippen LogP contribution in [0.1, 0.15) is 36.6 Å². The first kappa shape index (κ1) is 22.2. The Kier molecular flexibility index (Phi) is 6.88. The maximum absolute atomic E-state index is 13.5. The molecule has 1 aliphatic rings. The number of nitrogens with zero attached hydrogens (tertiary/aromatic N) is 2. The number of hydrogen-bond acceptors (Lipinski definition) is 7. The molecule has 1 aromatic carbocycles. The highest BCUT2D eigenvalue weighted by Crippen LogP contribution is 2.42. The summed E-state index contributed by atoms with van der Waals surface area (Å²) < 4.78 is 23.8. The average molecular weight is 425 g/mol. The highest BCUT2D eigenvalue weighted by atomic mass is 16.5. The fourth-order valence-corrected chi connectivity index (χ4v) is 3.73. The summed E-state index contributed by atoms with van der Waals surface area (Å²) in [4.78, 5) is 13.5. The highest BCUT2D eigenvalue weighted by molar-refractivity contribution is 5.57. The van der Waals surface area contributed by atoms with E-state index in [-0.39, 0.29) is 17.0 Å². The Balaban J connectivity index is 2.24. The van der Waals surface area contributed by atoms with Gasteiger partial charge in [-0.25, -0.2) is 0 Å². The third-order valence-electron chi connectivity index (χ3n) is 5.11. The van der Waals surface area contributed by atoms with Crippen LogP contribution in [-0.2, 0) is 11.3 Å². The number of aromatic nitrogens is 1. The van der Waals surface area contributed by atoms with E-state index in [9.17, 15) is 10.1 Å². The largest absolute Gasteiger partial charge is 0.490 e. The lowest BCUT2D eigenvalue weighted by Crippen LogP contribution is -2.33. The van der Waals surface area contributed by atoms with E-state index in [1.165, 1.54) is 0 Å². The van der Waals surface area contributed by atoms with E-state index in [0.29, 0.717) is 54.7 Å². The average Bonchev–Trinajstić information content (AvgIpc) is 2.74. The molecular formula is C23H27N3O5. The van der Waals surface area contributed by atoms with Crippen molar-refractivity contribution in [3.63, 3.8) is 0 Å². The standard InChI is InChI=1S/C23H27N3O5/c1-5-29-17-8-7-15(12-18(17)30-6-2)20-16(13-24)22(25)31-19-11-14(3)26(9-10-28-4)23(27)21(19)20/h7-8,11-12,20H,5-6,9-10,25H2,1-4H3. The number of methoxy groups -OCH3 is 1.